The van der Waals surface area contributed by atoms with Crippen molar-refractivity contribution >= 4 is 23.4 Å². The van der Waals surface area contributed by atoms with Gasteiger partial charge in [0.05, 0.1) is 18.7 Å². The van der Waals surface area contributed by atoms with Crippen molar-refractivity contribution in [3.63, 3.8) is 0 Å². The zero-order valence-corrected chi connectivity index (χ0v) is 15.4. The summed E-state index contributed by atoms with van der Waals surface area (Å²) in [5.41, 5.74) is -1.25. The minimum Gasteiger partial charge on any atom is -0.461 e. The number of aryl methyl sites for hydroxylation is 1. The molecular formula is C17H16ClF3N2O4. The number of hydrogen-bond acceptors (Lipinski definition) is 4. The summed E-state index contributed by atoms with van der Waals surface area (Å²) in [5, 5.41) is -0.646. The lowest BCUT2D eigenvalue weighted by atomic mass is 10.1. The molecule has 2 rings (SSSR count). The van der Waals surface area contributed by atoms with Gasteiger partial charge in [-0.05, 0) is 32.4 Å². The van der Waals surface area contributed by atoms with E-state index in [4.69, 9.17) is 16.3 Å². The van der Waals surface area contributed by atoms with Gasteiger partial charge < -0.3 is 14.3 Å². The van der Waals surface area contributed by atoms with Crippen LogP contribution >= 0.6 is 11.6 Å². The third-order valence-corrected chi connectivity index (χ3v) is 4.15. The Bertz CT molecular complexity index is 960. The summed E-state index contributed by atoms with van der Waals surface area (Å²) in [6.45, 7) is 4.14. The molecule has 0 saturated heterocycles. The topological polar surface area (TPSA) is 81.2 Å². The SMILES string of the molecule is CCOC(=O)c1[nH]c(C)c(C(=O)Cn2cc(C(F)(F)F)cc(Cl)c2=O)c1C. The highest BCUT2D eigenvalue weighted by molar-refractivity contribution is 6.30. The molecule has 0 atom stereocenters. The molecule has 6 nitrogen and oxygen atoms in total. The molecule has 0 aromatic carbocycles. The number of hydrogen-bond donors (Lipinski definition) is 1. The lowest BCUT2D eigenvalue weighted by Gasteiger charge is -2.11. The maximum absolute atomic E-state index is 12.9. The predicted octanol–water partition coefficient (Wildman–Crippen LogP) is 3.53. The number of pyridine rings is 1. The number of nitrogens with zero attached hydrogens (tertiary/aromatic N) is 1. The second-order valence-electron chi connectivity index (χ2n) is 5.78. The third-order valence-electron chi connectivity index (χ3n) is 3.88. The number of ketones is 1. The number of H-pyrrole nitrogens is 1. The highest BCUT2D eigenvalue weighted by atomic mass is 35.5. The molecule has 146 valence electrons. The Morgan fingerprint density at radius 3 is 2.48 bits per heavy atom. The van der Waals surface area contributed by atoms with E-state index in [9.17, 15) is 27.6 Å². The summed E-state index contributed by atoms with van der Waals surface area (Å²) in [6, 6.07) is 0.510. The van der Waals surface area contributed by atoms with Gasteiger partial charge in [-0.15, -0.1) is 0 Å². The van der Waals surface area contributed by atoms with E-state index in [0.29, 0.717) is 28.1 Å². The van der Waals surface area contributed by atoms with Crippen molar-refractivity contribution in [1.82, 2.24) is 9.55 Å². The van der Waals surface area contributed by atoms with Gasteiger partial charge in [0.25, 0.3) is 5.56 Å². The zero-order valence-electron chi connectivity index (χ0n) is 14.7. The van der Waals surface area contributed by atoms with E-state index in [1.807, 2.05) is 0 Å². The van der Waals surface area contributed by atoms with Gasteiger partial charge in [-0.2, -0.15) is 13.2 Å². The molecule has 27 heavy (non-hydrogen) atoms. The van der Waals surface area contributed by atoms with Crippen molar-refractivity contribution in [3.05, 3.63) is 55.7 Å². The lowest BCUT2D eigenvalue weighted by molar-refractivity contribution is -0.138. The molecule has 0 bridgehead atoms. The van der Waals surface area contributed by atoms with Gasteiger partial charge >= 0.3 is 12.1 Å². The molecule has 0 saturated carbocycles. The molecule has 0 spiro atoms. The fraction of sp³-hybridized carbons (Fsp3) is 0.353. The van der Waals surface area contributed by atoms with Gasteiger partial charge in [-0.3, -0.25) is 9.59 Å². The van der Waals surface area contributed by atoms with Crippen LogP contribution in [0.25, 0.3) is 0 Å². The number of rotatable bonds is 5. The number of ether oxygens (including phenoxy) is 1. The Kier molecular flexibility index (Phi) is 5.84. The standard InChI is InChI=1S/C17H16ClF3N2O4/c1-4-27-16(26)14-8(2)13(9(3)22-14)12(24)7-23-6-10(17(19,20)21)5-11(18)15(23)25/h5-6,22H,4,7H2,1-3H3. The third kappa shape index (κ3) is 4.24. The van der Waals surface area contributed by atoms with Crippen LogP contribution in [0.4, 0.5) is 13.2 Å². The normalized spacial score (nSPS) is 11.5. The largest absolute Gasteiger partial charge is 0.461 e. The van der Waals surface area contributed by atoms with Crippen LogP contribution in [0.1, 0.15) is 44.6 Å². The van der Waals surface area contributed by atoms with Crippen molar-refractivity contribution in [3.8, 4) is 0 Å². The van der Waals surface area contributed by atoms with E-state index in [1.165, 1.54) is 13.8 Å². The second kappa shape index (κ2) is 7.59. The molecule has 10 heteroatoms. The van der Waals surface area contributed by atoms with E-state index < -0.39 is 40.6 Å². The van der Waals surface area contributed by atoms with E-state index in [0.717, 1.165) is 0 Å². The minimum atomic E-state index is -4.72. The maximum Gasteiger partial charge on any atom is 0.417 e. The molecule has 0 fully saturated rings. The van der Waals surface area contributed by atoms with Crippen molar-refractivity contribution in [1.29, 1.82) is 0 Å². The molecule has 0 aliphatic carbocycles. The van der Waals surface area contributed by atoms with Crippen LogP contribution in [0, 0.1) is 13.8 Å². The molecule has 0 amide bonds. The monoisotopic (exact) mass is 404 g/mol. The van der Waals surface area contributed by atoms with Crippen molar-refractivity contribution in [2.24, 2.45) is 0 Å². The van der Waals surface area contributed by atoms with Crippen LogP contribution in [-0.2, 0) is 17.5 Å². The van der Waals surface area contributed by atoms with E-state index in [2.05, 4.69) is 4.98 Å². The number of halogens is 4. The van der Waals surface area contributed by atoms with Crippen LogP contribution in [0.2, 0.25) is 5.02 Å². The molecule has 0 unspecified atom stereocenters. The summed E-state index contributed by atoms with van der Waals surface area (Å²) in [4.78, 5) is 39.3. The van der Waals surface area contributed by atoms with E-state index in [-0.39, 0.29) is 17.9 Å². The van der Waals surface area contributed by atoms with Gasteiger partial charge in [0.2, 0.25) is 0 Å². The summed E-state index contributed by atoms with van der Waals surface area (Å²) >= 11 is 5.59. The van der Waals surface area contributed by atoms with E-state index >= 15 is 0 Å². The first-order valence-corrected chi connectivity index (χ1v) is 8.21. The lowest BCUT2D eigenvalue weighted by Crippen LogP contribution is -2.26. The maximum atomic E-state index is 12.9. The Balaban J connectivity index is 2.43. The number of alkyl halides is 3. The Labute approximate surface area is 156 Å². The number of Topliss-reactive ketones (excluding diaryl/α,β-unsaturated/α-hetero) is 1. The first kappa shape index (κ1) is 20.8. The summed E-state index contributed by atoms with van der Waals surface area (Å²) in [5.74, 6) is -1.30. The molecule has 0 radical (unpaired) electrons. The molecule has 2 aromatic heterocycles. The average molecular weight is 405 g/mol. The number of esters is 1. The summed E-state index contributed by atoms with van der Waals surface area (Å²) in [6.07, 6.45) is -4.19. The number of nitrogens with one attached hydrogen (secondary N) is 1. The Hall–Kier alpha value is -2.55. The first-order chi connectivity index (χ1) is 12.5. The highest BCUT2D eigenvalue weighted by Gasteiger charge is 2.32. The Morgan fingerprint density at radius 2 is 1.93 bits per heavy atom. The average Bonchev–Trinajstić information content (AvgIpc) is 2.85. The molecule has 0 aliphatic heterocycles. The molecule has 0 aliphatic rings. The van der Waals surface area contributed by atoms with Crippen LogP contribution in [0.3, 0.4) is 0 Å². The molecule has 2 aromatic rings. The summed E-state index contributed by atoms with van der Waals surface area (Å²) in [7, 11) is 0. The van der Waals surface area contributed by atoms with Crippen LogP contribution in [0.15, 0.2) is 17.1 Å². The van der Waals surface area contributed by atoms with Gasteiger partial charge in [0.15, 0.2) is 5.78 Å². The smallest absolute Gasteiger partial charge is 0.417 e. The fourth-order valence-corrected chi connectivity index (χ4v) is 2.91. The van der Waals surface area contributed by atoms with Crippen LogP contribution < -0.4 is 5.56 Å². The van der Waals surface area contributed by atoms with Gasteiger partial charge in [0.1, 0.15) is 10.7 Å². The van der Waals surface area contributed by atoms with Crippen molar-refractivity contribution < 1.29 is 27.5 Å². The van der Waals surface area contributed by atoms with Gasteiger partial charge in [-0.1, -0.05) is 11.6 Å². The van der Waals surface area contributed by atoms with Crippen LogP contribution in [-0.4, -0.2) is 27.9 Å². The highest BCUT2D eigenvalue weighted by Crippen LogP contribution is 2.29. The van der Waals surface area contributed by atoms with Crippen molar-refractivity contribution in [2.45, 2.75) is 33.5 Å². The number of aromatic amines is 1. The second-order valence-corrected chi connectivity index (χ2v) is 6.18. The van der Waals surface area contributed by atoms with Gasteiger partial charge in [-0.25, -0.2) is 4.79 Å². The number of carbonyl (C=O) groups excluding carboxylic acids is 2. The van der Waals surface area contributed by atoms with E-state index in [1.54, 1.807) is 6.92 Å². The fourth-order valence-electron chi connectivity index (χ4n) is 2.68. The molecular weight excluding hydrogens is 389 g/mol. The number of aromatic nitrogens is 2. The van der Waals surface area contributed by atoms with Crippen LogP contribution in [0.5, 0.6) is 0 Å². The Morgan fingerprint density at radius 1 is 1.30 bits per heavy atom. The predicted molar refractivity (Wildman–Crippen MR) is 91.3 cm³/mol. The van der Waals surface area contributed by atoms with Gasteiger partial charge in [0, 0.05) is 17.5 Å². The first-order valence-electron chi connectivity index (χ1n) is 7.84. The minimum absolute atomic E-state index is 0.0760. The quantitative estimate of drug-likeness (QED) is 0.610. The molecule has 1 N–H and O–H groups in total. The number of carbonyl (C=O) groups is 2. The zero-order chi connectivity index (χ0) is 20.5. The van der Waals surface area contributed by atoms with Crippen molar-refractivity contribution in [2.75, 3.05) is 6.61 Å². The summed E-state index contributed by atoms with van der Waals surface area (Å²) < 4.78 is 44.2. The molecule has 2 heterocycles.